The number of nitrogen functional groups attached to an aromatic ring is 1. The average molecular weight is 497 g/mol. The molecule has 4 aromatic rings. The van der Waals surface area contributed by atoms with Crippen LogP contribution in [0.1, 0.15) is 66.2 Å². The van der Waals surface area contributed by atoms with Crippen LogP contribution in [0, 0.1) is 5.92 Å². The maximum absolute atomic E-state index is 13.7. The number of anilines is 1. The third-order valence-electron chi connectivity index (χ3n) is 6.62. The molecule has 0 unspecified atom stereocenters. The second kappa shape index (κ2) is 11.9. The normalized spacial score (nSPS) is 11.2. The van der Waals surface area contributed by atoms with E-state index in [4.69, 9.17) is 10.5 Å². The first kappa shape index (κ1) is 26.2. The zero-order valence-electron chi connectivity index (χ0n) is 22.0. The van der Waals surface area contributed by atoms with E-state index < -0.39 is 0 Å². The molecule has 0 atom stereocenters. The third kappa shape index (κ3) is 6.29. The fourth-order valence-corrected chi connectivity index (χ4v) is 4.83. The van der Waals surface area contributed by atoms with E-state index in [1.807, 2.05) is 47.2 Å². The van der Waals surface area contributed by atoms with Gasteiger partial charge in [0.05, 0.1) is 6.61 Å². The van der Waals surface area contributed by atoms with E-state index >= 15 is 0 Å². The molecule has 37 heavy (non-hydrogen) atoms. The monoisotopic (exact) mass is 496 g/mol. The highest BCUT2D eigenvalue weighted by Crippen LogP contribution is 2.28. The number of nitrogens with zero attached hydrogens (tertiary/aromatic N) is 1. The molecule has 0 aliphatic heterocycles. The summed E-state index contributed by atoms with van der Waals surface area (Å²) < 4.78 is 7.08. The number of aromatic nitrogens is 1. The van der Waals surface area contributed by atoms with E-state index in [9.17, 15) is 9.59 Å². The Labute approximate surface area is 219 Å². The molecule has 0 amide bonds. The molecule has 192 valence electrons. The number of hydrogen-bond acceptors (Lipinski definition) is 4. The minimum Gasteiger partial charge on any atom is -0.466 e. The number of nitrogens with two attached hydrogens (primary N) is 1. The van der Waals surface area contributed by atoms with Gasteiger partial charge in [0.1, 0.15) is 0 Å². The summed E-state index contributed by atoms with van der Waals surface area (Å²) in [6, 6.07) is 22.2. The summed E-state index contributed by atoms with van der Waals surface area (Å²) in [5.41, 5.74) is 12.6. The van der Waals surface area contributed by atoms with Crippen molar-refractivity contribution in [1.82, 2.24) is 4.57 Å². The van der Waals surface area contributed by atoms with Gasteiger partial charge in [0.25, 0.3) is 0 Å². The van der Waals surface area contributed by atoms with Crippen molar-refractivity contribution < 1.29 is 14.3 Å². The minimum absolute atomic E-state index is 0.0908. The zero-order chi connectivity index (χ0) is 26.4. The molecule has 5 heteroatoms. The van der Waals surface area contributed by atoms with Gasteiger partial charge in [-0.25, -0.2) is 0 Å². The van der Waals surface area contributed by atoms with Crippen molar-refractivity contribution >= 4 is 28.3 Å². The fourth-order valence-electron chi connectivity index (χ4n) is 4.83. The molecule has 0 saturated heterocycles. The van der Waals surface area contributed by atoms with Gasteiger partial charge in [-0.05, 0) is 60.9 Å². The molecular weight excluding hydrogens is 460 g/mol. The van der Waals surface area contributed by atoms with Crippen molar-refractivity contribution in [1.29, 1.82) is 0 Å². The van der Waals surface area contributed by atoms with E-state index in [0.717, 1.165) is 22.9 Å². The molecule has 5 nitrogen and oxygen atoms in total. The first-order valence-corrected chi connectivity index (χ1v) is 13.1. The molecule has 1 heterocycles. The van der Waals surface area contributed by atoms with E-state index in [-0.39, 0.29) is 11.8 Å². The van der Waals surface area contributed by atoms with Crippen LogP contribution in [-0.2, 0) is 28.9 Å². The Balaban J connectivity index is 1.57. The number of carbonyl (C=O) groups is 2. The summed E-state index contributed by atoms with van der Waals surface area (Å²) in [6.45, 7) is 7.25. The molecule has 3 aromatic carbocycles. The van der Waals surface area contributed by atoms with Gasteiger partial charge < -0.3 is 15.0 Å². The molecule has 0 aliphatic rings. The number of esters is 1. The number of aryl methyl sites for hydroxylation is 1. The fraction of sp³-hybridized carbons (Fsp3) is 0.312. The van der Waals surface area contributed by atoms with Gasteiger partial charge >= 0.3 is 5.97 Å². The van der Waals surface area contributed by atoms with Crippen molar-refractivity contribution in [3.05, 3.63) is 101 Å². The van der Waals surface area contributed by atoms with E-state index in [1.165, 1.54) is 11.1 Å². The lowest BCUT2D eigenvalue weighted by Crippen LogP contribution is -2.08. The number of fused-ring (bicyclic) bond motifs is 1. The van der Waals surface area contributed by atoms with Crippen molar-refractivity contribution in [3.8, 4) is 0 Å². The van der Waals surface area contributed by atoms with Crippen LogP contribution >= 0.6 is 0 Å². The molecular formula is C32H36N2O3. The lowest BCUT2D eigenvalue weighted by molar-refractivity contribution is -0.143. The second-order valence-electron chi connectivity index (χ2n) is 9.96. The quantitative estimate of drug-likeness (QED) is 0.144. The zero-order valence-corrected chi connectivity index (χ0v) is 22.0. The Morgan fingerprint density at radius 1 is 0.919 bits per heavy atom. The summed E-state index contributed by atoms with van der Waals surface area (Å²) in [5.74, 6) is 0.328. The number of benzene rings is 3. The summed E-state index contributed by atoms with van der Waals surface area (Å²) in [5, 5.41) is 0.883. The largest absolute Gasteiger partial charge is 0.466 e. The Morgan fingerprint density at radius 2 is 1.65 bits per heavy atom. The van der Waals surface area contributed by atoms with Crippen LogP contribution < -0.4 is 5.73 Å². The van der Waals surface area contributed by atoms with Crippen LogP contribution in [0.25, 0.3) is 10.9 Å². The van der Waals surface area contributed by atoms with Crippen LogP contribution in [0.2, 0.25) is 0 Å². The van der Waals surface area contributed by atoms with Crippen molar-refractivity contribution in [2.75, 3.05) is 12.3 Å². The Morgan fingerprint density at radius 3 is 2.38 bits per heavy atom. The Hall–Kier alpha value is -3.86. The van der Waals surface area contributed by atoms with Crippen LogP contribution in [0.15, 0.2) is 72.9 Å². The second-order valence-corrected chi connectivity index (χ2v) is 9.96. The number of carbonyl (C=O) groups excluding carboxylic acids is 2. The molecule has 0 aliphatic carbocycles. The van der Waals surface area contributed by atoms with Crippen molar-refractivity contribution in [2.45, 2.75) is 53.0 Å². The number of ketones is 1. The maximum Gasteiger partial charge on any atom is 0.305 e. The predicted molar refractivity (Wildman–Crippen MR) is 150 cm³/mol. The number of hydrogen-bond donors (Lipinski definition) is 1. The molecule has 0 saturated carbocycles. The number of ether oxygens (including phenoxy) is 1. The van der Waals surface area contributed by atoms with Gasteiger partial charge in [-0.3, -0.25) is 9.59 Å². The van der Waals surface area contributed by atoms with E-state index in [0.29, 0.717) is 55.1 Å². The highest BCUT2D eigenvalue weighted by molar-refractivity contribution is 6.18. The molecule has 4 rings (SSSR count). The predicted octanol–water partition coefficient (Wildman–Crippen LogP) is 6.59. The van der Waals surface area contributed by atoms with Gasteiger partial charge in [-0.2, -0.15) is 0 Å². The molecule has 2 N–H and O–H groups in total. The Bertz CT molecular complexity index is 1380. The van der Waals surface area contributed by atoms with Crippen LogP contribution in [0.5, 0.6) is 0 Å². The lowest BCUT2D eigenvalue weighted by atomic mass is 9.95. The first-order chi connectivity index (χ1) is 17.9. The Kier molecular flexibility index (Phi) is 8.44. The summed E-state index contributed by atoms with van der Waals surface area (Å²) >= 11 is 0. The summed E-state index contributed by atoms with van der Waals surface area (Å²) in [7, 11) is 0. The molecule has 0 bridgehead atoms. The highest BCUT2D eigenvalue weighted by Gasteiger charge is 2.20. The molecule has 0 spiro atoms. The van der Waals surface area contributed by atoms with Gasteiger partial charge in [0.2, 0.25) is 0 Å². The van der Waals surface area contributed by atoms with Gasteiger partial charge in [-0.15, -0.1) is 0 Å². The first-order valence-electron chi connectivity index (χ1n) is 13.1. The summed E-state index contributed by atoms with van der Waals surface area (Å²) in [4.78, 5) is 25.5. The topological polar surface area (TPSA) is 74.3 Å². The maximum atomic E-state index is 13.7. The smallest absolute Gasteiger partial charge is 0.305 e. The number of rotatable bonds is 11. The molecule has 0 radical (unpaired) electrons. The van der Waals surface area contributed by atoms with E-state index in [2.05, 4.69) is 38.1 Å². The van der Waals surface area contributed by atoms with Gasteiger partial charge in [-0.1, -0.05) is 68.4 Å². The van der Waals surface area contributed by atoms with Crippen molar-refractivity contribution in [2.24, 2.45) is 5.92 Å². The van der Waals surface area contributed by atoms with Gasteiger partial charge in [0.15, 0.2) is 5.78 Å². The molecule has 0 fully saturated rings. The number of para-hydroxylation sites is 2. The lowest BCUT2D eigenvalue weighted by Gasteiger charge is -2.11. The van der Waals surface area contributed by atoms with Crippen LogP contribution in [0.3, 0.4) is 0 Å². The van der Waals surface area contributed by atoms with Gasteiger partial charge in [0, 0.05) is 46.9 Å². The summed E-state index contributed by atoms with van der Waals surface area (Å²) in [6.07, 6.45) is 4.60. The minimum atomic E-state index is -0.200. The van der Waals surface area contributed by atoms with Crippen molar-refractivity contribution in [3.63, 3.8) is 0 Å². The van der Waals surface area contributed by atoms with Crippen LogP contribution in [-0.4, -0.2) is 22.9 Å². The van der Waals surface area contributed by atoms with Crippen LogP contribution in [0.4, 0.5) is 5.69 Å². The average Bonchev–Trinajstić information content (AvgIpc) is 3.25. The third-order valence-corrected chi connectivity index (χ3v) is 6.62. The highest BCUT2D eigenvalue weighted by atomic mass is 16.5. The standard InChI is InChI=1S/C32H36N2O3/c1-4-37-30(35)13-8-18-34-21-28(26-10-5-6-12-29(26)34)32(36)27-11-7-9-25(31(27)33)20-24-16-14-23(15-17-24)19-22(2)3/h5-7,9-12,14-17,21-22H,4,8,13,18-20,33H2,1-3H3. The SMILES string of the molecule is CCOC(=O)CCCn1cc(C(=O)c2cccc(Cc3ccc(CC(C)C)cc3)c2N)c2ccccc21. The molecule has 1 aromatic heterocycles. The van der Waals surface area contributed by atoms with E-state index in [1.54, 1.807) is 13.0 Å².